The van der Waals surface area contributed by atoms with Crippen molar-refractivity contribution in [2.75, 3.05) is 0 Å². The second-order valence-corrected chi connectivity index (χ2v) is 5.65. The Morgan fingerprint density at radius 1 is 0.833 bits per heavy atom. The summed E-state index contributed by atoms with van der Waals surface area (Å²) in [7, 11) is 0. The van der Waals surface area contributed by atoms with Crippen LogP contribution in [0.15, 0.2) is 81.7 Å². The topological polar surface area (TPSA) is 39.4 Å². The molecule has 1 aliphatic rings. The Labute approximate surface area is 182 Å². The van der Waals surface area contributed by atoms with Crippen LogP contribution in [0.4, 0.5) is 0 Å². The van der Waals surface area contributed by atoms with Gasteiger partial charge in [0.25, 0.3) is 0 Å². The molecule has 0 radical (unpaired) electrons. The molecule has 0 saturated heterocycles. The quantitative estimate of drug-likeness (QED) is 0.349. The maximum atomic E-state index is 11.1. The molecule has 0 bridgehead atoms. The highest BCUT2D eigenvalue weighted by molar-refractivity contribution is 5.76. The van der Waals surface area contributed by atoms with Crippen molar-refractivity contribution in [3.63, 3.8) is 0 Å². The molecule has 0 atom stereocenters. The summed E-state index contributed by atoms with van der Waals surface area (Å²) in [5.41, 5.74) is 3.26. The highest BCUT2D eigenvalue weighted by Gasteiger charge is 2.10. The summed E-state index contributed by atoms with van der Waals surface area (Å²) in [6, 6.07) is 17.3. The van der Waals surface area contributed by atoms with E-state index in [2.05, 4.69) is 12.7 Å². The lowest BCUT2D eigenvalue weighted by Gasteiger charge is -2.16. The normalized spacial score (nSPS) is 10.5. The monoisotopic (exact) mass is 410 g/mol. The summed E-state index contributed by atoms with van der Waals surface area (Å²) in [6.07, 6.45) is 2.08. The van der Waals surface area contributed by atoms with Crippen LogP contribution in [0.25, 0.3) is 17.0 Å². The van der Waals surface area contributed by atoms with Crippen molar-refractivity contribution < 1.29 is 9.15 Å². The van der Waals surface area contributed by atoms with Gasteiger partial charge in [0, 0.05) is 16.5 Å². The number of rotatable bonds is 0. The summed E-state index contributed by atoms with van der Waals surface area (Å²) < 4.78 is 10.5. The van der Waals surface area contributed by atoms with Gasteiger partial charge in [-0.3, -0.25) is 0 Å². The Bertz CT molecular complexity index is 994. The molecule has 0 aliphatic carbocycles. The Kier molecular flexibility index (Phi) is 14.4. The molecule has 1 aromatic heterocycles. The van der Waals surface area contributed by atoms with Gasteiger partial charge < -0.3 is 9.15 Å². The zero-order valence-corrected chi connectivity index (χ0v) is 17.7. The second-order valence-electron chi connectivity index (χ2n) is 5.65. The fourth-order valence-electron chi connectivity index (χ4n) is 2.38. The van der Waals surface area contributed by atoms with E-state index >= 15 is 0 Å². The van der Waals surface area contributed by atoms with E-state index in [0.717, 1.165) is 28.0 Å². The molecule has 3 nitrogen and oxygen atoms in total. The Morgan fingerprint density at radius 2 is 1.40 bits per heavy atom. The Hall–Kier alpha value is -3.07. The van der Waals surface area contributed by atoms with Crippen molar-refractivity contribution in [2.45, 2.75) is 56.4 Å². The molecular weight excluding hydrogens is 372 g/mol. The SMILES string of the molecule is C.C.C=C1Oc2ccccc2C=C1C.CC.CC.Cc1cc2ccccc2oc1=O. The first-order valence-corrected chi connectivity index (χ1v) is 9.68. The molecule has 0 unspecified atom stereocenters. The Balaban J connectivity index is 0. The smallest absolute Gasteiger partial charge is 0.339 e. The molecular formula is C27H38O3. The van der Waals surface area contributed by atoms with E-state index in [0.29, 0.717) is 11.1 Å². The van der Waals surface area contributed by atoms with Gasteiger partial charge in [-0.15, -0.1) is 0 Å². The number of hydrogen-bond acceptors (Lipinski definition) is 3. The van der Waals surface area contributed by atoms with Crippen LogP contribution in [0.1, 0.15) is 60.6 Å². The molecule has 3 aromatic rings. The van der Waals surface area contributed by atoms with E-state index in [4.69, 9.17) is 9.15 Å². The van der Waals surface area contributed by atoms with Crippen LogP contribution >= 0.6 is 0 Å². The lowest BCUT2D eigenvalue weighted by Crippen LogP contribution is -2.01. The second kappa shape index (κ2) is 14.9. The molecule has 164 valence electrons. The van der Waals surface area contributed by atoms with Crippen molar-refractivity contribution in [1.29, 1.82) is 0 Å². The molecule has 0 N–H and O–H groups in total. The molecule has 1 aliphatic heterocycles. The summed E-state index contributed by atoms with van der Waals surface area (Å²) >= 11 is 0. The van der Waals surface area contributed by atoms with Crippen molar-refractivity contribution in [1.82, 2.24) is 0 Å². The van der Waals surface area contributed by atoms with Gasteiger partial charge in [0.1, 0.15) is 17.1 Å². The summed E-state index contributed by atoms with van der Waals surface area (Å²) in [5.74, 6) is 1.64. The maximum Gasteiger partial charge on any atom is 0.339 e. The predicted molar refractivity (Wildman–Crippen MR) is 133 cm³/mol. The van der Waals surface area contributed by atoms with Crippen molar-refractivity contribution in [3.8, 4) is 5.75 Å². The van der Waals surface area contributed by atoms with E-state index in [-0.39, 0.29) is 20.5 Å². The third kappa shape index (κ3) is 7.75. The molecule has 0 spiro atoms. The van der Waals surface area contributed by atoms with Crippen molar-refractivity contribution >= 4 is 17.0 Å². The molecule has 2 heterocycles. The van der Waals surface area contributed by atoms with Gasteiger partial charge in [0.05, 0.1) is 0 Å². The molecule has 0 amide bonds. The number of ether oxygens (including phenoxy) is 1. The van der Waals surface area contributed by atoms with E-state index < -0.39 is 0 Å². The highest BCUT2D eigenvalue weighted by Crippen LogP contribution is 2.29. The fourth-order valence-corrected chi connectivity index (χ4v) is 2.38. The van der Waals surface area contributed by atoms with Crippen LogP contribution in [0, 0.1) is 6.92 Å². The fraction of sp³-hybridized carbons (Fsp3) is 0.296. The largest absolute Gasteiger partial charge is 0.457 e. The van der Waals surface area contributed by atoms with Gasteiger partial charge >= 0.3 is 5.63 Å². The number of para-hydroxylation sites is 2. The van der Waals surface area contributed by atoms with E-state index in [1.807, 2.05) is 83.1 Å². The maximum absolute atomic E-state index is 11.1. The van der Waals surface area contributed by atoms with Gasteiger partial charge in [-0.2, -0.15) is 0 Å². The number of aryl methyl sites for hydroxylation is 1. The van der Waals surface area contributed by atoms with Gasteiger partial charge in [-0.25, -0.2) is 4.79 Å². The van der Waals surface area contributed by atoms with Crippen LogP contribution in [0.2, 0.25) is 0 Å². The molecule has 0 fully saturated rings. The first-order valence-electron chi connectivity index (χ1n) is 9.68. The number of benzene rings is 2. The van der Waals surface area contributed by atoms with E-state index in [9.17, 15) is 4.79 Å². The molecule has 30 heavy (non-hydrogen) atoms. The standard InChI is InChI=1S/C11H10O.C10H8O2.2C2H6.2CH4/c1-8-7-10-5-3-4-6-11(10)12-9(8)2;1-7-6-8-4-2-3-5-9(8)12-10(7)11;2*1-2;;/h3-7H,2H2,1H3;2-6H,1H3;2*1-2H3;2*1H4. The average Bonchev–Trinajstić information content (AvgIpc) is 2.73. The minimum Gasteiger partial charge on any atom is -0.457 e. The molecule has 4 rings (SSSR count). The van der Waals surface area contributed by atoms with E-state index in [1.54, 1.807) is 13.0 Å². The zero-order valence-electron chi connectivity index (χ0n) is 17.7. The van der Waals surface area contributed by atoms with Crippen LogP contribution in [0.3, 0.4) is 0 Å². The molecule has 0 saturated carbocycles. The van der Waals surface area contributed by atoms with Gasteiger partial charge in [0.2, 0.25) is 0 Å². The lowest BCUT2D eigenvalue weighted by atomic mass is 10.1. The van der Waals surface area contributed by atoms with Gasteiger partial charge in [0.15, 0.2) is 0 Å². The van der Waals surface area contributed by atoms with Crippen LogP contribution in [-0.4, -0.2) is 0 Å². The third-order valence-corrected chi connectivity index (χ3v) is 3.78. The third-order valence-electron chi connectivity index (χ3n) is 3.78. The number of hydrogen-bond donors (Lipinski definition) is 0. The van der Waals surface area contributed by atoms with Gasteiger partial charge in [-0.05, 0) is 43.7 Å². The highest BCUT2D eigenvalue weighted by atomic mass is 16.5. The van der Waals surface area contributed by atoms with Crippen molar-refractivity contribution in [2.24, 2.45) is 0 Å². The predicted octanol–water partition coefficient (Wildman–Crippen LogP) is 8.42. The minimum atomic E-state index is -0.256. The first kappa shape index (κ1) is 29.1. The number of fused-ring (bicyclic) bond motifs is 2. The van der Waals surface area contributed by atoms with E-state index in [1.165, 1.54) is 0 Å². The molecule has 3 heteroatoms. The summed E-state index contributed by atoms with van der Waals surface area (Å²) in [4.78, 5) is 11.1. The number of allylic oxidation sites excluding steroid dienone is 1. The van der Waals surface area contributed by atoms with Crippen molar-refractivity contribution in [3.05, 3.63) is 94.1 Å². The first-order chi connectivity index (χ1) is 13.5. The van der Waals surface area contributed by atoms with Gasteiger partial charge in [-0.1, -0.05) is 85.5 Å². The summed E-state index contributed by atoms with van der Waals surface area (Å²) in [6.45, 7) is 15.6. The minimum absolute atomic E-state index is 0. The van der Waals surface area contributed by atoms with Crippen LogP contribution in [-0.2, 0) is 0 Å². The molecule has 2 aromatic carbocycles. The average molecular weight is 411 g/mol. The lowest BCUT2D eigenvalue weighted by molar-refractivity contribution is 0.434. The summed E-state index contributed by atoms with van der Waals surface area (Å²) in [5, 5.41) is 0.967. The van der Waals surface area contributed by atoms with Crippen LogP contribution in [0.5, 0.6) is 5.75 Å². The Morgan fingerprint density at radius 3 is 2.07 bits per heavy atom. The van der Waals surface area contributed by atoms with Crippen LogP contribution < -0.4 is 10.4 Å². The zero-order chi connectivity index (χ0) is 21.1.